The van der Waals surface area contributed by atoms with Gasteiger partial charge < -0.3 is 19.3 Å². The van der Waals surface area contributed by atoms with Gasteiger partial charge in [-0.1, -0.05) is 42.5 Å². The molecule has 1 aliphatic heterocycles. The summed E-state index contributed by atoms with van der Waals surface area (Å²) in [5.41, 5.74) is 1.11. The first-order valence-electron chi connectivity index (χ1n) is 6.06. The minimum Gasteiger partial charge on any atom is -0.394 e. The predicted octanol–water partition coefficient (Wildman–Crippen LogP) is 1.49. The van der Waals surface area contributed by atoms with E-state index in [-0.39, 0.29) is 19.3 Å². The summed E-state index contributed by atoms with van der Waals surface area (Å²) in [4.78, 5) is 0. The van der Waals surface area contributed by atoms with Gasteiger partial charge >= 0.3 is 0 Å². The average molecular weight is 250 g/mol. The predicted molar refractivity (Wildman–Crippen MR) is 66.9 cm³/mol. The van der Waals surface area contributed by atoms with Gasteiger partial charge in [0.1, 0.15) is 6.10 Å². The van der Waals surface area contributed by atoms with Gasteiger partial charge in [-0.3, -0.25) is 0 Å². The van der Waals surface area contributed by atoms with E-state index in [1.54, 1.807) is 0 Å². The van der Waals surface area contributed by atoms with Crippen LogP contribution in [0.15, 0.2) is 42.5 Å². The summed E-state index contributed by atoms with van der Waals surface area (Å²) in [6, 6.07) is 9.95. The van der Waals surface area contributed by atoms with Crippen molar-refractivity contribution >= 4 is 0 Å². The molecule has 4 nitrogen and oxygen atoms in total. The molecule has 0 spiro atoms. The monoisotopic (exact) mass is 250 g/mol. The standard InChI is InChI=1S/C14H18O4/c15-8-10-17-14-13(7-4-9-16-14)18-11-12-5-2-1-3-6-12/h1-7,13-15H,8-11H2/t13-,14+/m1/s1. The van der Waals surface area contributed by atoms with Gasteiger partial charge in [0, 0.05) is 0 Å². The van der Waals surface area contributed by atoms with Gasteiger partial charge in [-0.2, -0.15) is 0 Å². The Labute approximate surface area is 107 Å². The van der Waals surface area contributed by atoms with Crippen molar-refractivity contribution in [1.82, 2.24) is 0 Å². The second-order valence-electron chi connectivity index (χ2n) is 3.99. The second-order valence-corrected chi connectivity index (χ2v) is 3.99. The third kappa shape index (κ3) is 3.92. The summed E-state index contributed by atoms with van der Waals surface area (Å²) in [5.74, 6) is 0. The Kier molecular flexibility index (Phi) is 5.36. The van der Waals surface area contributed by atoms with Crippen LogP contribution in [0.4, 0.5) is 0 Å². The van der Waals surface area contributed by atoms with Crippen LogP contribution in [0.1, 0.15) is 5.56 Å². The lowest BCUT2D eigenvalue weighted by atomic mass is 10.2. The molecule has 18 heavy (non-hydrogen) atoms. The maximum Gasteiger partial charge on any atom is 0.187 e. The first-order chi connectivity index (χ1) is 8.90. The highest BCUT2D eigenvalue weighted by Gasteiger charge is 2.23. The van der Waals surface area contributed by atoms with Gasteiger partial charge in [0.2, 0.25) is 0 Å². The molecule has 0 aliphatic carbocycles. The number of benzene rings is 1. The molecule has 0 saturated carbocycles. The van der Waals surface area contributed by atoms with Crippen LogP contribution < -0.4 is 0 Å². The molecule has 0 unspecified atom stereocenters. The summed E-state index contributed by atoms with van der Waals surface area (Å²) in [5, 5.41) is 8.75. The Hall–Kier alpha value is -1.20. The largest absolute Gasteiger partial charge is 0.394 e. The van der Waals surface area contributed by atoms with Crippen molar-refractivity contribution in [2.24, 2.45) is 0 Å². The van der Waals surface area contributed by atoms with Crippen molar-refractivity contribution in [2.75, 3.05) is 19.8 Å². The third-order valence-electron chi connectivity index (χ3n) is 2.61. The van der Waals surface area contributed by atoms with Crippen LogP contribution in [0.2, 0.25) is 0 Å². The molecular formula is C14H18O4. The number of hydrogen-bond donors (Lipinski definition) is 1. The van der Waals surface area contributed by atoms with Crippen LogP contribution in [0.3, 0.4) is 0 Å². The lowest BCUT2D eigenvalue weighted by molar-refractivity contribution is -0.200. The Morgan fingerprint density at radius 3 is 2.83 bits per heavy atom. The number of aliphatic hydroxyl groups is 1. The molecule has 0 amide bonds. The lowest BCUT2D eigenvalue weighted by Gasteiger charge is -2.27. The smallest absolute Gasteiger partial charge is 0.187 e. The van der Waals surface area contributed by atoms with Crippen molar-refractivity contribution in [3.8, 4) is 0 Å². The van der Waals surface area contributed by atoms with E-state index < -0.39 is 6.29 Å². The molecule has 4 heteroatoms. The maximum atomic E-state index is 8.75. The molecule has 2 atom stereocenters. The van der Waals surface area contributed by atoms with E-state index in [1.165, 1.54) is 0 Å². The summed E-state index contributed by atoms with van der Waals surface area (Å²) < 4.78 is 16.6. The lowest BCUT2D eigenvalue weighted by Crippen LogP contribution is -2.36. The van der Waals surface area contributed by atoms with Gasteiger partial charge in [0.25, 0.3) is 0 Å². The number of ether oxygens (including phenoxy) is 3. The van der Waals surface area contributed by atoms with Crippen LogP contribution in [-0.4, -0.2) is 37.3 Å². The van der Waals surface area contributed by atoms with E-state index in [9.17, 15) is 0 Å². The van der Waals surface area contributed by atoms with E-state index in [0.717, 1.165) is 5.56 Å². The van der Waals surface area contributed by atoms with Crippen LogP contribution >= 0.6 is 0 Å². The summed E-state index contributed by atoms with van der Waals surface area (Å²) in [7, 11) is 0. The van der Waals surface area contributed by atoms with Crippen molar-refractivity contribution in [3.63, 3.8) is 0 Å². The van der Waals surface area contributed by atoms with Gasteiger partial charge in [-0.05, 0) is 5.56 Å². The molecule has 1 aromatic rings. The number of aliphatic hydroxyl groups excluding tert-OH is 1. The number of hydrogen-bond acceptors (Lipinski definition) is 4. The Balaban J connectivity index is 1.85. The molecule has 0 aromatic heterocycles. The average Bonchev–Trinajstić information content (AvgIpc) is 2.45. The van der Waals surface area contributed by atoms with Crippen molar-refractivity contribution in [3.05, 3.63) is 48.0 Å². The molecule has 1 heterocycles. The fourth-order valence-corrected chi connectivity index (χ4v) is 1.74. The molecule has 2 rings (SSSR count). The summed E-state index contributed by atoms with van der Waals surface area (Å²) >= 11 is 0. The minimum absolute atomic E-state index is 0.0189. The Morgan fingerprint density at radius 1 is 1.22 bits per heavy atom. The van der Waals surface area contributed by atoms with Crippen LogP contribution in [0, 0.1) is 0 Å². The highest BCUT2D eigenvalue weighted by Crippen LogP contribution is 2.15. The summed E-state index contributed by atoms with van der Waals surface area (Å²) in [6.45, 7) is 1.26. The Morgan fingerprint density at radius 2 is 2.06 bits per heavy atom. The molecule has 0 saturated heterocycles. The zero-order chi connectivity index (χ0) is 12.6. The van der Waals surface area contributed by atoms with Crippen LogP contribution in [0.25, 0.3) is 0 Å². The maximum absolute atomic E-state index is 8.75. The van der Waals surface area contributed by atoms with Crippen molar-refractivity contribution in [2.45, 2.75) is 19.0 Å². The molecule has 1 N–H and O–H groups in total. The third-order valence-corrected chi connectivity index (χ3v) is 2.61. The molecule has 1 aliphatic rings. The van der Waals surface area contributed by atoms with E-state index in [2.05, 4.69) is 0 Å². The molecular weight excluding hydrogens is 232 g/mol. The first-order valence-corrected chi connectivity index (χ1v) is 6.06. The van der Waals surface area contributed by atoms with Crippen LogP contribution in [0.5, 0.6) is 0 Å². The van der Waals surface area contributed by atoms with Crippen molar-refractivity contribution in [1.29, 1.82) is 0 Å². The second kappa shape index (κ2) is 7.28. The quantitative estimate of drug-likeness (QED) is 0.777. The molecule has 1 aromatic carbocycles. The zero-order valence-corrected chi connectivity index (χ0v) is 10.2. The Bertz CT molecular complexity index is 363. The van der Waals surface area contributed by atoms with E-state index >= 15 is 0 Å². The van der Waals surface area contributed by atoms with E-state index in [0.29, 0.717) is 13.2 Å². The van der Waals surface area contributed by atoms with Gasteiger partial charge in [0.05, 0.1) is 26.4 Å². The highest BCUT2D eigenvalue weighted by atomic mass is 16.7. The van der Waals surface area contributed by atoms with Gasteiger partial charge in [-0.25, -0.2) is 0 Å². The molecule has 0 fully saturated rings. The highest BCUT2D eigenvalue weighted by molar-refractivity contribution is 5.13. The number of rotatable bonds is 6. The molecule has 0 bridgehead atoms. The first kappa shape index (κ1) is 13.2. The van der Waals surface area contributed by atoms with E-state index in [4.69, 9.17) is 19.3 Å². The van der Waals surface area contributed by atoms with E-state index in [1.807, 2.05) is 42.5 Å². The van der Waals surface area contributed by atoms with Crippen LogP contribution in [-0.2, 0) is 20.8 Å². The SMILES string of the molecule is OCCO[C@@H]1OCC=C[C@H]1OCc1ccccc1. The fourth-order valence-electron chi connectivity index (χ4n) is 1.74. The molecule has 98 valence electrons. The van der Waals surface area contributed by atoms with Gasteiger partial charge in [-0.15, -0.1) is 0 Å². The van der Waals surface area contributed by atoms with Gasteiger partial charge in [0.15, 0.2) is 6.29 Å². The summed E-state index contributed by atoms with van der Waals surface area (Å²) in [6.07, 6.45) is 3.18. The topological polar surface area (TPSA) is 47.9 Å². The fraction of sp³-hybridized carbons (Fsp3) is 0.429. The molecule has 0 radical (unpaired) electrons. The zero-order valence-electron chi connectivity index (χ0n) is 10.2. The van der Waals surface area contributed by atoms with Crippen molar-refractivity contribution < 1.29 is 19.3 Å². The minimum atomic E-state index is -0.439. The normalized spacial score (nSPS) is 23.2.